The van der Waals surface area contributed by atoms with Gasteiger partial charge >= 0.3 is 18.4 Å². The molecule has 1 aliphatic heterocycles. The number of nitrogens with zero attached hydrogens (tertiary/aromatic N) is 7. The zero-order chi connectivity index (χ0) is 52.4. The Hall–Kier alpha value is -8.22. The molecule has 7 aromatic rings. The topological polar surface area (TPSA) is 198 Å². The van der Waals surface area contributed by atoms with Crippen LogP contribution in [0.15, 0.2) is 139 Å². The summed E-state index contributed by atoms with van der Waals surface area (Å²) in [5.41, 5.74) is 2.18. The maximum atomic E-state index is 14.5. The molecule has 8 rings (SSSR count). The van der Waals surface area contributed by atoms with Crippen molar-refractivity contribution >= 4 is 38.9 Å². The van der Waals surface area contributed by atoms with Gasteiger partial charge < -0.3 is 33.9 Å². The highest BCUT2D eigenvalue weighted by Crippen LogP contribution is 2.41. The number of piperidine rings is 1. The van der Waals surface area contributed by atoms with E-state index in [1.807, 2.05) is 36.4 Å². The van der Waals surface area contributed by atoms with Crippen molar-refractivity contribution in [2.45, 2.75) is 50.0 Å². The van der Waals surface area contributed by atoms with Gasteiger partial charge in [-0.3, -0.25) is 4.98 Å². The van der Waals surface area contributed by atoms with Gasteiger partial charge in [0.2, 0.25) is 5.13 Å². The van der Waals surface area contributed by atoms with E-state index in [0.717, 1.165) is 33.5 Å². The van der Waals surface area contributed by atoms with E-state index < -0.39 is 33.9 Å². The number of likely N-dealkylation sites (tertiary alicyclic amines) is 1. The number of carbonyl (C=O) groups is 2. The molecule has 382 valence electrons. The highest BCUT2D eigenvalue weighted by Gasteiger charge is 2.32. The fourth-order valence-electron chi connectivity index (χ4n) is 8.39. The second-order valence-corrected chi connectivity index (χ2v) is 19.7. The number of sulfonamides is 1. The second-order valence-electron chi connectivity index (χ2n) is 17.1. The summed E-state index contributed by atoms with van der Waals surface area (Å²) in [6.07, 6.45) is -1.60. The maximum absolute atomic E-state index is 14.5. The number of amides is 2. The van der Waals surface area contributed by atoms with Crippen molar-refractivity contribution in [1.82, 2.24) is 24.1 Å². The number of ether oxygens (including phenoxy) is 4. The van der Waals surface area contributed by atoms with E-state index in [9.17, 15) is 41.5 Å². The van der Waals surface area contributed by atoms with Gasteiger partial charge in [-0.25, -0.2) is 27.3 Å². The smallest absolute Gasteiger partial charge is 0.416 e. The predicted molar refractivity (Wildman–Crippen MR) is 268 cm³/mol. The number of hydrogen-bond acceptors (Lipinski definition) is 13. The molecule has 3 heterocycles. The van der Waals surface area contributed by atoms with Crippen molar-refractivity contribution in [1.29, 1.82) is 5.26 Å². The molecule has 21 heteroatoms. The molecule has 2 aromatic heterocycles. The molecule has 0 unspecified atom stereocenters. The maximum Gasteiger partial charge on any atom is 0.416 e. The fraction of sp³-hybridized carbons (Fsp3) is 0.245. The van der Waals surface area contributed by atoms with Crippen LogP contribution in [0.5, 0.6) is 23.0 Å². The fourth-order valence-corrected chi connectivity index (χ4v) is 10.5. The number of alkyl halides is 3. The van der Waals surface area contributed by atoms with Crippen LogP contribution in [0.1, 0.15) is 47.2 Å². The summed E-state index contributed by atoms with van der Waals surface area (Å²) in [6.45, 7) is 0.829. The van der Waals surface area contributed by atoms with Gasteiger partial charge in [-0.05, 0) is 114 Å². The van der Waals surface area contributed by atoms with Crippen LogP contribution in [-0.2, 0) is 40.6 Å². The van der Waals surface area contributed by atoms with Crippen molar-refractivity contribution in [2.24, 2.45) is 5.92 Å². The molecular formula is C53H48F3N7O9S2. The average Bonchev–Trinajstić information content (AvgIpc) is 3.96. The van der Waals surface area contributed by atoms with Crippen LogP contribution < -0.4 is 18.5 Å². The quantitative estimate of drug-likeness (QED) is 0.0852. The van der Waals surface area contributed by atoms with E-state index in [-0.39, 0.29) is 64.8 Å². The lowest BCUT2D eigenvalue weighted by molar-refractivity contribution is -0.137. The summed E-state index contributed by atoms with van der Waals surface area (Å²) >= 11 is 0.851. The van der Waals surface area contributed by atoms with Gasteiger partial charge in [0, 0.05) is 54.6 Å². The highest BCUT2D eigenvalue weighted by atomic mass is 32.2. The molecule has 0 radical (unpaired) electrons. The van der Waals surface area contributed by atoms with E-state index >= 15 is 0 Å². The molecule has 0 bridgehead atoms. The Balaban J connectivity index is 1.12. The zero-order valence-electron chi connectivity index (χ0n) is 39.9. The minimum absolute atomic E-state index is 0.00716. The normalized spacial score (nSPS) is 12.9. The molecule has 2 amide bonds. The summed E-state index contributed by atoms with van der Waals surface area (Å²) in [6, 6.07) is 32.9. The number of carboxylic acid groups (broad SMARTS) is 1. The van der Waals surface area contributed by atoms with Crippen LogP contribution in [0.2, 0.25) is 0 Å². The monoisotopic (exact) mass is 1050 g/mol. The van der Waals surface area contributed by atoms with E-state index in [1.165, 1.54) is 60.8 Å². The number of hydrogen-bond donors (Lipinski definition) is 1. The molecule has 1 aliphatic rings. The summed E-state index contributed by atoms with van der Waals surface area (Å²) in [5, 5.41) is 20.0. The molecule has 0 saturated carbocycles. The number of pyridine rings is 1. The number of methoxy groups -OCH3 is 2. The molecule has 1 saturated heterocycles. The van der Waals surface area contributed by atoms with Crippen molar-refractivity contribution in [3.63, 3.8) is 0 Å². The van der Waals surface area contributed by atoms with Crippen molar-refractivity contribution < 1.29 is 55.2 Å². The van der Waals surface area contributed by atoms with E-state index in [2.05, 4.69) is 14.3 Å². The van der Waals surface area contributed by atoms with Crippen molar-refractivity contribution in [2.75, 3.05) is 38.2 Å². The number of rotatable bonds is 18. The number of nitriles is 1. The average molecular weight is 1050 g/mol. The standard InChI is InChI=1S/C53H48F3N7O9S2/c1-69-44-13-11-40(49(29-44)70-2)31-63(50-59-34-60-73-50)74(67,68)45-14-16-47(41(27-45)30-57)72-48-15-12-38(37-9-6-10-42(25-37)53(54,55)56)28-46(48)39-17-21-58-43(26-39)32-62(52(66)71-33-36-7-4-3-5-8-36)24-20-35-18-22-61(23-19-35)51(64)65/h3-17,21,25-29,34-35H,18-20,22-24,31-33H2,1-2H3,(H,64,65). The first-order chi connectivity index (χ1) is 35.6. The lowest BCUT2D eigenvalue weighted by Gasteiger charge is -2.31. The summed E-state index contributed by atoms with van der Waals surface area (Å²) in [5.74, 6) is 1.12. The van der Waals surface area contributed by atoms with Crippen LogP contribution in [0.4, 0.5) is 27.9 Å². The van der Waals surface area contributed by atoms with Gasteiger partial charge in [-0.15, -0.1) is 0 Å². The lowest BCUT2D eigenvalue weighted by atomic mass is 9.93. The summed E-state index contributed by atoms with van der Waals surface area (Å²) in [7, 11) is -1.51. The van der Waals surface area contributed by atoms with Crippen LogP contribution in [0, 0.1) is 17.2 Å². The summed E-state index contributed by atoms with van der Waals surface area (Å²) in [4.78, 5) is 36.8. The molecule has 5 aromatic carbocycles. The van der Waals surface area contributed by atoms with Gasteiger partial charge in [0.15, 0.2) is 0 Å². The largest absolute Gasteiger partial charge is 0.497 e. The first-order valence-corrected chi connectivity index (χ1v) is 25.3. The molecule has 0 atom stereocenters. The van der Waals surface area contributed by atoms with E-state index in [0.29, 0.717) is 71.8 Å². The third-order valence-corrected chi connectivity index (χ3v) is 14.9. The first kappa shape index (κ1) is 52.1. The first-order valence-electron chi connectivity index (χ1n) is 23.1. The SMILES string of the molecule is COc1ccc(CN(c2ncns2)S(=O)(=O)c2ccc(Oc3ccc(-c4cccc(C(F)(F)F)c4)cc3-c3ccnc(CN(CCC4CCN(C(=O)O)CC4)C(=O)OCc4ccccc4)c3)c(C#N)c2)c(OC)c1. The van der Waals surface area contributed by atoms with E-state index in [1.54, 1.807) is 54.6 Å². The minimum atomic E-state index is -4.62. The Labute approximate surface area is 429 Å². The summed E-state index contributed by atoms with van der Waals surface area (Å²) < 4.78 is 99.0. The van der Waals surface area contributed by atoms with Crippen molar-refractivity contribution in [3.05, 3.63) is 162 Å². The Morgan fingerprint density at radius 3 is 2.31 bits per heavy atom. The second kappa shape index (κ2) is 23.1. The van der Waals surface area contributed by atoms with Crippen LogP contribution in [-0.4, -0.2) is 83.7 Å². The predicted octanol–water partition coefficient (Wildman–Crippen LogP) is 11.3. The van der Waals surface area contributed by atoms with Gasteiger partial charge in [-0.1, -0.05) is 48.5 Å². The lowest BCUT2D eigenvalue weighted by Crippen LogP contribution is -2.39. The number of aromatic nitrogens is 3. The molecule has 74 heavy (non-hydrogen) atoms. The number of benzene rings is 5. The Morgan fingerprint density at radius 1 is 0.838 bits per heavy atom. The van der Waals surface area contributed by atoms with Crippen LogP contribution in [0.25, 0.3) is 22.3 Å². The molecule has 16 nitrogen and oxygen atoms in total. The Kier molecular flexibility index (Phi) is 16.3. The Morgan fingerprint density at radius 2 is 1.61 bits per heavy atom. The van der Waals surface area contributed by atoms with Crippen LogP contribution >= 0.6 is 11.5 Å². The Bertz CT molecular complexity index is 3260. The third kappa shape index (κ3) is 12.5. The van der Waals surface area contributed by atoms with Crippen LogP contribution in [0.3, 0.4) is 0 Å². The van der Waals surface area contributed by atoms with Gasteiger partial charge in [0.25, 0.3) is 10.0 Å². The van der Waals surface area contributed by atoms with Gasteiger partial charge in [0.05, 0.1) is 49.0 Å². The van der Waals surface area contributed by atoms with Gasteiger partial charge in [-0.2, -0.15) is 22.8 Å². The number of halogens is 3. The molecule has 1 N–H and O–H groups in total. The van der Waals surface area contributed by atoms with Crippen molar-refractivity contribution in [3.8, 4) is 51.3 Å². The number of anilines is 1. The minimum Gasteiger partial charge on any atom is -0.497 e. The molecule has 0 aliphatic carbocycles. The highest BCUT2D eigenvalue weighted by molar-refractivity contribution is 7.93. The molecule has 0 spiro atoms. The third-order valence-electron chi connectivity index (χ3n) is 12.4. The molecule has 1 fully saturated rings. The molecular weight excluding hydrogens is 1000 g/mol. The van der Waals surface area contributed by atoms with Gasteiger partial charge in [0.1, 0.15) is 42.0 Å². The van der Waals surface area contributed by atoms with E-state index in [4.69, 9.17) is 18.9 Å². The number of carbonyl (C=O) groups excluding carboxylic acids is 1. The zero-order valence-corrected chi connectivity index (χ0v) is 41.6.